The van der Waals surface area contributed by atoms with Gasteiger partial charge in [-0.3, -0.25) is 4.57 Å². The minimum Gasteiger partial charge on any atom is -0.454 e. The van der Waals surface area contributed by atoms with E-state index < -0.39 is 0 Å². The molecule has 5 heterocycles. The van der Waals surface area contributed by atoms with Gasteiger partial charge in [0.25, 0.3) is 0 Å². The highest BCUT2D eigenvalue weighted by molar-refractivity contribution is 7.19. The van der Waals surface area contributed by atoms with Gasteiger partial charge in [0.2, 0.25) is 5.95 Å². The van der Waals surface area contributed by atoms with Gasteiger partial charge in [0.1, 0.15) is 11.4 Å². The first-order valence-corrected chi connectivity index (χ1v) is 22.6. The van der Waals surface area contributed by atoms with Crippen LogP contribution in [0.15, 0.2) is 193 Å². The van der Waals surface area contributed by atoms with Crippen LogP contribution in [0.3, 0.4) is 0 Å². The Morgan fingerprint density at radius 3 is 2.08 bits per heavy atom. The highest BCUT2D eigenvalue weighted by Crippen LogP contribution is 2.50. The van der Waals surface area contributed by atoms with Crippen molar-refractivity contribution in [3.8, 4) is 17.3 Å². The van der Waals surface area contributed by atoms with Gasteiger partial charge in [0.05, 0.1) is 34.0 Å². The molecule has 2 aliphatic rings. The fraction of sp³-hybridized carbons (Fsp3) is 0.0172. The van der Waals surface area contributed by atoms with Gasteiger partial charge in [0, 0.05) is 42.2 Å². The Labute approximate surface area is 377 Å². The Hall–Kier alpha value is -8.39. The third-order valence-corrected chi connectivity index (χ3v) is 14.4. The van der Waals surface area contributed by atoms with E-state index in [1.54, 1.807) is 0 Å². The van der Waals surface area contributed by atoms with Crippen molar-refractivity contribution in [3.05, 3.63) is 216 Å². The zero-order chi connectivity index (χ0) is 42.8. The summed E-state index contributed by atoms with van der Waals surface area (Å²) in [4.78, 5) is 20.0. The largest absolute Gasteiger partial charge is 0.454 e. The zero-order valence-corrected chi connectivity index (χ0v) is 35.6. The first-order chi connectivity index (χ1) is 32.1. The number of furan rings is 1. The van der Waals surface area contributed by atoms with Crippen LogP contribution in [0.2, 0.25) is 0 Å². The molecule has 65 heavy (non-hydrogen) atoms. The molecule has 1 atom stereocenters. The first-order valence-electron chi connectivity index (χ1n) is 21.8. The maximum absolute atomic E-state index is 6.95. The van der Waals surface area contributed by atoms with E-state index in [4.69, 9.17) is 19.4 Å². The van der Waals surface area contributed by atoms with Crippen LogP contribution in [-0.2, 0) is 0 Å². The highest BCUT2D eigenvalue weighted by Gasteiger charge is 2.30. The molecule has 6 nitrogen and oxygen atoms in total. The van der Waals surface area contributed by atoms with E-state index in [0.29, 0.717) is 17.6 Å². The van der Waals surface area contributed by atoms with E-state index in [1.807, 2.05) is 23.5 Å². The van der Waals surface area contributed by atoms with Crippen molar-refractivity contribution in [1.29, 1.82) is 0 Å². The van der Waals surface area contributed by atoms with Gasteiger partial charge >= 0.3 is 0 Å². The Bertz CT molecular complexity index is 4020. The van der Waals surface area contributed by atoms with E-state index in [1.165, 1.54) is 20.5 Å². The van der Waals surface area contributed by atoms with Crippen molar-refractivity contribution in [2.24, 2.45) is 0 Å². The van der Waals surface area contributed by atoms with Gasteiger partial charge in [-0.05, 0) is 87.5 Å². The van der Waals surface area contributed by atoms with Gasteiger partial charge in [-0.2, -0.15) is 9.97 Å². The molecule has 4 aromatic heterocycles. The molecule has 0 spiro atoms. The smallest absolute Gasteiger partial charge is 0.238 e. The summed E-state index contributed by atoms with van der Waals surface area (Å²) in [7, 11) is 0. The molecule has 0 saturated heterocycles. The third kappa shape index (κ3) is 5.43. The molecule has 0 unspecified atom stereocenters. The van der Waals surface area contributed by atoms with Gasteiger partial charge in [-0.1, -0.05) is 146 Å². The molecule has 1 aliphatic carbocycles. The lowest BCUT2D eigenvalue weighted by Crippen LogP contribution is -2.15. The number of benzene rings is 8. The van der Waals surface area contributed by atoms with Crippen LogP contribution < -0.4 is 4.90 Å². The third-order valence-electron chi connectivity index (χ3n) is 13.1. The molecule has 1 aliphatic heterocycles. The molecule has 8 aromatic carbocycles. The van der Waals surface area contributed by atoms with Crippen molar-refractivity contribution >= 4 is 111 Å². The molecule has 7 heteroatoms. The second-order valence-electron chi connectivity index (χ2n) is 16.8. The lowest BCUT2D eigenvalue weighted by atomic mass is 9.94. The Balaban J connectivity index is 1.08. The summed E-state index contributed by atoms with van der Waals surface area (Å²) in [6.07, 6.45) is 8.78. The number of thiophene rings is 1. The van der Waals surface area contributed by atoms with Crippen LogP contribution in [0.25, 0.3) is 99.7 Å². The number of hydrogen-bond donors (Lipinski definition) is 0. The Morgan fingerprint density at radius 1 is 0.554 bits per heavy atom. The highest BCUT2D eigenvalue weighted by atomic mass is 32.1. The van der Waals surface area contributed by atoms with Crippen LogP contribution in [-0.4, -0.2) is 19.5 Å². The fourth-order valence-electron chi connectivity index (χ4n) is 10.1. The van der Waals surface area contributed by atoms with Gasteiger partial charge in [-0.15, -0.1) is 11.3 Å². The van der Waals surface area contributed by atoms with Crippen molar-refractivity contribution in [2.45, 2.75) is 5.92 Å². The Kier molecular flexibility index (Phi) is 7.67. The maximum Gasteiger partial charge on any atom is 0.238 e. The molecule has 0 saturated carbocycles. The standard InChI is InChI=1S/C58H35N5OS/c1-34-26-27-35-14-4-9-21-47(35)62(50-32-37-16-3-2-15-36(37)30-45(34)50)51-33-38(31-46-41-19-7-12-24-52(41)64-54(46)51)56-59-57(44-29-28-43-42-20-8-13-25-53(42)65-55(43)44)61-58(60-56)63-48-22-10-5-17-39(48)40-18-6-11-23-49(40)63/h2-33,44H,1H2/b27-26-/t44-/m1/s1. The molecule has 0 amide bonds. The number of para-hydroxylation sites is 4. The summed E-state index contributed by atoms with van der Waals surface area (Å²) in [6, 6.07) is 59.9. The van der Waals surface area contributed by atoms with E-state index in [9.17, 15) is 0 Å². The molecule has 0 radical (unpaired) electrons. The lowest BCUT2D eigenvalue weighted by molar-refractivity contribution is 0.669. The average molecular weight is 850 g/mol. The monoisotopic (exact) mass is 849 g/mol. The normalized spacial score (nSPS) is 15.0. The minimum atomic E-state index is -0.159. The SMILES string of the molecule is C=C1/C=C\c2ccccc2N(c2cc(-c3nc([C@@H]4C=Cc5c4sc4ccccc54)nc(-n4c5ccccc5c5ccccc54)n3)cc3c2oc2ccccc23)c2cc3ccccc3cc21. The number of nitrogens with zero attached hydrogens (tertiary/aromatic N) is 5. The molecule has 12 aromatic rings. The molecular formula is C58H35N5OS. The summed E-state index contributed by atoms with van der Waals surface area (Å²) >= 11 is 1.82. The van der Waals surface area contributed by atoms with Crippen LogP contribution in [0, 0.1) is 0 Å². The number of fused-ring (bicyclic) bond motifs is 12. The van der Waals surface area contributed by atoms with Crippen molar-refractivity contribution in [2.75, 3.05) is 4.90 Å². The molecule has 0 N–H and O–H groups in total. The number of aromatic nitrogens is 4. The van der Waals surface area contributed by atoms with Crippen molar-refractivity contribution in [3.63, 3.8) is 0 Å². The summed E-state index contributed by atoms with van der Waals surface area (Å²) in [5, 5.41) is 7.80. The summed E-state index contributed by atoms with van der Waals surface area (Å²) in [6.45, 7) is 4.61. The quantitative estimate of drug-likeness (QED) is 0.177. The predicted molar refractivity (Wildman–Crippen MR) is 270 cm³/mol. The van der Waals surface area contributed by atoms with E-state index in [2.05, 4.69) is 198 Å². The molecule has 0 bridgehead atoms. The van der Waals surface area contributed by atoms with E-state index in [0.717, 1.165) is 93.8 Å². The molecule has 0 fully saturated rings. The Morgan fingerprint density at radius 2 is 1.25 bits per heavy atom. The van der Waals surface area contributed by atoms with E-state index in [-0.39, 0.29) is 5.92 Å². The summed E-state index contributed by atoms with van der Waals surface area (Å²) < 4.78 is 10.4. The minimum absolute atomic E-state index is 0.159. The molecular weight excluding hydrogens is 815 g/mol. The van der Waals surface area contributed by atoms with Gasteiger partial charge < -0.3 is 9.32 Å². The lowest BCUT2D eigenvalue weighted by Gasteiger charge is -2.31. The molecule has 14 rings (SSSR count). The number of allylic oxidation sites excluding steroid dienone is 3. The van der Waals surface area contributed by atoms with Crippen molar-refractivity contribution in [1.82, 2.24) is 19.5 Å². The molecule has 304 valence electrons. The van der Waals surface area contributed by atoms with Gasteiger partial charge in [0.15, 0.2) is 11.4 Å². The predicted octanol–water partition coefficient (Wildman–Crippen LogP) is 15.6. The average Bonchev–Trinajstić information content (AvgIpc) is 4.13. The van der Waals surface area contributed by atoms with Crippen molar-refractivity contribution < 1.29 is 4.42 Å². The van der Waals surface area contributed by atoms with Crippen LogP contribution in [0.4, 0.5) is 17.1 Å². The van der Waals surface area contributed by atoms with E-state index >= 15 is 0 Å². The zero-order valence-electron chi connectivity index (χ0n) is 34.8. The second kappa shape index (κ2) is 13.8. The summed E-state index contributed by atoms with van der Waals surface area (Å²) in [5.41, 5.74) is 11.6. The van der Waals surface area contributed by atoms with Crippen LogP contribution in [0.5, 0.6) is 0 Å². The second-order valence-corrected chi connectivity index (χ2v) is 17.9. The number of hydrogen-bond acceptors (Lipinski definition) is 6. The first kappa shape index (κ1) is 36.1. The topological polar surface area (TPSA) is 60.0 Å². The number of anilines is 3. The van der Waals surface area contributed by atoms with Crippen LogP contribution in [0.1, 0.15) is 33.3 Å². The maximum atomic E-state index is 6.95. The number of rotatable bonds is 4. The van der Waals surface area contributed by atoms with Crippen LogP contribution >= 0.6 is 11.3 Å². The van der Waals surface area contributed by atoms with Gasteiger partial charge in [-0.25, -0.2) is 4.98 Å². The summed E-state index contributed by atoms with van der Waals surface area (Å²) in [5.74, 6) is 1.68. The fourth-order valence-corrected chi connectivity index (χ4v) is 11.4.